The van der Waals surface area contributed by atoms with Crippen molar-refractivity contribution in [2.75, 3.05) is 49.5 Å². The quantitative estimate of drug-likeness (QED) is 0.171. The molecular formula is C23H30F3N7O4S. The molecule has 0 radical (unpaired) electrons. The Kier molecular flexibility index (Phi) is 13.1. The number of rotatable bonds is 12. The number of carbonyl (C=O) groups is 2. The lowest BCUT2D eigenvalue weighted by molar-refractivity contribution is -0.137. The van der Waals surface area contributed by atoms with Crippen molar-refractivity contribution in [2.24, 2.45) is 0 Å². The van der Waals surface area contributed by atoms with Crippen LogP contribution in [0.5, 0.6) is 0 Å². The highest BCUT2D eigenvalue weighted by Crippen LogP contribution is 2.31. The van der Waals surface area contributed by atoms with E-state index in [-0.39, 0.29) is 68.1 Å². The number of aromatic nitrogens is 2. The van der Waals surface area contributed by atoms with Crippen LogP contribution in [0.3, 0.4) is 0 Å². The molecule has 0 saturated heterocycles. The van der Waals surface area contributed by atoms with Crippen molar-refractivity contribution in [1.29, 1.82) is 5.26 Å². The van der Waals surface area contributed by atoms with Gasteiger partial charge in [0.15, 0.2) is 5.82 Å². The number of nitrogens with one attached hydrogen (secondary N) is 3. The number of methoxy groups -OCH3 is 1. The second-order valence-corrected chi connectivity index (χ2v) is 8.18. The van der Waals surface area contributed by atoms with E-state index < -0.39 is 29.8 Å². The van der Waals surface area contributed by atoms with E-state index >= 15 is 0 Å². The van der Waals surface area contributed by atoms with Crippen LogP contribution in [-0.4, -0.2) is 61.1 Å². The van der Waals surface area contributed by atoms with E-state index in [1.165, 1.54) is 19.2 Å². The first kappa shape index (κ1) is 32.3. The molecular weight excluding hydrogens is 527 g/mol. The van der Waals surface area contributed by atoms with Crippen LogP contribution >= 0.6 is 11.8 Å². The van der Waals surface area contributed by atoms with Gasteiger partial charge >= 0.3 is 12.3 Å². The first-order chi connectivity index (χ1) is 17.6. The molecule has 208 valence electrons. The van der Waals surface area contributed by atoms with Crippen molar-refractivity contribution < 1.29 is 32.2 Å². The summed E-state index contributed by atoms with van der Waals surface area (Å²) in [5.41, 5.74) is 4.79. The molecule has 2 amide bonds. The zero-order valence-corrected chi connectivity index (χ0v) is 20.8. The topological polar surface area (TPSA) is 164 Å². The Morgan fingerprint density at radius 1 is 1.26 bits per heavy atom. The third-order valence-corrected chi connectivity index (χ3v) is 5.42. The van der Waals surface area contributed by atoms with E-state index in [1.54, 1.807) is 6.26 Å². The monoisotopic (exact) mass is 557 g/mol. The second-order valence-electron chi connectivity index (χ2n) is 7.39. The van der Waals surface area contributed by atoms with E-state index in [4.69, 9.17) is 15.2 Å². The van der Waals surface area contributed by atoms with Crippen LogP contribution in [0.2, 0.25) is 0 Å². The molecule has 0 saturated carbocycles. The maximum Gasteiger partial charge on any atom is 0.416 e. The molecule has 0 spiro atoms. The van der Waals surface area contributed by atoms with Crippen LogP contribution in [0, 0.1) is 11.3 Å². The number of amides is 2. The first-order valence-corrected chi connectivity index (χ1v) is 12.1. The molecule has 15 heteroatoms. The largest absolute Gasteiger partial charge is 0.447 e. The van der Waals surface area contributed by atoms with Crippen molar-refractivity contribution in [3.8, 4) is 6.07 Å². The highest BCUT2D eigenvalue weighted by molar-refractivity contribution is 7.98. The lowest BCUT2D eigenvalue weighted by Gasteiger charge is -2.20. The number of benzene rings is 1. The summed E-state index contributed by atoms with van der Waals surface area (Å²) in [5.74, 6) is -0.826. The summed E-state index contributed by atoms with van der Waals surface area (Å²) in [4.78, 5) is 32.8. The molecule has 1 heterocycles. The molecule has 38 heavy (non-hydrogen) atoms. The zero-order chi connectivity index (χ0) is 27.4. The third kappa shape index (κ3) is 9.94. The fraction of sp³-hybridized carbons (Fsp3) is 0.435. The Labute approximate surface area is 222 Å². The summed E-state index contributed by atoms with van der Waals surface area (Å²) < 4.78 is 48.9. The average Bonchev–Trinajstić information content (AvgIpc) is 2.85. The highest BCUT2D eigenvalue weighted by Gasteiger charge is 2.31. The Morgan fingerprint density at radius 3 is 2.63 bits per heavy atom. The molecule has 0 aliphatic heterocycles. The van der Waals surface area contributed by atoms with Crippen LogP contribution in [0.25, 0.3) is 0 Å². The van der Waals surface area contributed by atoms with Gasteiger partial charge in [0.25, 0.3) is 0 Å². The third-order valence-electron chi connectivity index (χ3n) is 4.74. The summed E-state index contributed by atoms with van der Waals surface area (Å²) in [7, 11) is 1.46. The van der Waals surface area contributed by atoms with E-state index in [0.717, 1.165) is 23.9 Å². The minimum atomic E-state index is -4.59. The summed E-state index contributed by atoms with van der Waals surface area (Å²) in [5, 5.41) is 17.7. The number of nitrogens with zero attached hydrogens (tertiary/aromatic N) is 3. The molecule has 1 aromatic heterocycles. The van der Waals surface area contributed by atoms with Gasteiger partial charge in [-0.3, -0.25) is 4.79 Å². The highest BCUT2D eigenvalue weighted by atomic mass is 32.2. The molecule has 0 aliphatic carbocycles. The standard InChI is InChI=1S/C22H26F3N7O4S.CH4/c1-35-9-10-36-21(34)28-8-4-7-16(30-17-15(12-26)19(37-2)32-20(27)31-17)18(33)29-14-6-3-5-13(11-14)22(23,24)25;/h3,5-6,11,16H,4,7-10H2,1-2H3,(H,28,34)(H,29,33)(H3,27,30,31,32);1H4/t16-;/m0./s1. The van der Waals surface area contributed by atoms with Crippen LogP contribution in [-0.2, 0) is 20.4 Å². The van der Waals surface area contributed by atoms with Gasteiger partial charge in [-0.25, -0.2) is 9.78 Å². The SMILES string of the molecule is C.COCCOC(=O)NCCC[C@H](Nc1nc(N)nc(SC)c1C#N)C(=O)Nc1cccc(C(F)(F)F)c1. The van der Waals surface area contributed by atoms with Gasteiger partial charge in [-0.1, -0.05) is 13.5 Å². The summed E-state index contributed by atoms with van der Waals surface area (Å²) in [6.45, 7) is 0.431. The normalized spacial score (nSPS) is 11.5. The number of alkyl carbamates (subject to hydrolysis) is 1. The Bertz CT molecular complexity index is 1130. The minimum Gasteiger partial charge on any atom is -0.447 e. The molecule has 1 aromatic carbocycles. The van der Waals surface area contributed by atoms with Crippen molar-refractivity contribution >= 4 is 41.2 Å². The number of anilines is 3. The van der Waals surface area contributed by atoms with Crippen molar-refractivity contribution in [3.05, 3.63) is 35.4 Å². The lowest BCUT2D eigenvalue weighted by Crippen LogP contribution is -2.36. The van der Waals surface area contributed by atoms with Gasteiger partial charge in [0, 0.05) is 19.3 Å². The van der Waals surface area contributed by atoms with Gasteiger partial charge in [0.1, 0.15) is 29.3 Å². The molecule has 0 bridgehead atoms. The number of hydrogen-bond acceptors (Lipinski definition) is 10. The molecule has 11 nitrogen and oxygen atoms in total. The number of ether oxygens (including phenoxy) is 2. The van der Waals surface area contributed by atoms with Crippen LogP contribution < -0.4 is 21.7 Å². The van der Waals surface area contributed by atoms with Gasteiger partial charge < -0.3 is 31.2 Å². The molecule has 2 rings (SSSR count). The number of hydrogen-bond donors (Lipinski definition) is 4. The lowest BCUT2D eigenvalue weighted by atomic mass is 10.1. The number of alkyl halides is 3. The van der Waals surface area contributed by atoms with Crippen molar-refractivity contribution in [2.45, 2.75) is 37.5 Å². The molecule has 0 unspecified atom stereocenters. The molecule has 0 aliphatic rings. The maximum absolute atomic E-state index is 13.1. The van der Waals surface area contributed by atoms with Crippen LogP contribution in [0.15, 0.2) is 29.3 Å². The number of carbonyl (C=O) groups excluding carboxylic acids is 2. The molecule has 5 N–H and O–H groups in total. The fourth-order valence-electron chi connectivity index (χ4n) is 3.01. The number of thioether (sulfide) groups is 1. The Hall–Kier alpha value is -3.77. The van der Waals surface area contributed by atoms with Gasteiger partial charge in [-0.05, 0) is 37.3 Å². The van der Waals surface area contributed by atoms with Crippen molar-refractivity contribution in [1.82, 2.24) is 15.3 Å². The van der Waals surface area contributed by atoms with E-state index in [2.05, 4.69) is 25.9 Å². The Balaban J connectivity index is 0.00000722. The van der Waals surface area contributed by atoms with Gasteiger partial charge in [0.2, 0.25) is 11.9 Å². The predicted octanol–water partition coefficient (Wildman–Crippen LogP) is 3.88. The van der Waals surface area contributed by atoms with Crippen molar-refractivity contribution in [3.63, 3.8) is 0 Å². The zero-order valence-electron chi connectivity index (χ0n) is 20.0. The summed E-state index contributed by atoms with van der Waals surface area (Å²) in [6, 6.07) is 5.08. The molecule has 2 aromatic rings. The van der Waals surface area contributed by atoms with Crippen LogP contribution in [0.1, 0.15) is 31.4 Å². The first-order valence-electron chi connectivity index (χ1n) is 10.8. The summed E-state index contributed by atoms with van der Waals surface area (Å²) in [6.07, 6.45) is -3.20. The second kappa shape index (κ2) is 15.5. The number of nitriles is 1. The van der Waals surface area contributed by atoms with E-state index in [0.29, 0.717) is 0 Å². The predicted molar refractivity (Wildman–Crippen MR) is 138 cm³/mol. The number of halogens is 3. The van der Waals surface area contributed by atoms with E-state index in [1.807, 2.05) is 6.07 Å². The van der Waals surface area contributed by atoms with E-state index in [9.17, 15) is 28.0 Å². The maximum atomic E-state index is 13.1. The summed E-state index contributed by atoms with van der Waals surface area (Å²) >= 11 is 1.15. The van der Waals surface area contributed by atoms with Gasteiger partial charge in [0.05, 0.1) is 12.2 Å². The van der Waals surface area contributed by atoms with Gasteiger partial charge in [-0.2, -0.15) is 23.4 Å². The number of nitrogens with two attached hydrogens (primary N) is 1. The number of nitrogen functional groups attached to an aromatic ring is 1. The van der Waals surface area contributed by atoms with Gasteiger partial charge in [-0.15, -0.1) is 11.8 Å². The van der Waals surface area contributed by atoms with Crippen LogP contribution in [0.4, 0.5) is 35.4 Å². The Morgan fingerprint density at radius 2 is 2.00 bits per heavy atom. The molecule has 1 atom stereocenters. The molecule has 0 fully saturated rings. The average molecular weight is 558 g/mol. The smallest absolute Gasteiger partial charge is 0.416 e. The fourth-order valence-corrected chi connectivity index (χ4v) is 3.54. The minimum absolute atomic E-state index is 0.